The van der Waals surface area contributed by atoms with Crippen LogP contribution in [0, 0.1) is 0 Å². The second-order valence-electron chi connectivity index (χ2n) is 9.80. The number of hydrogen-bond acceptors (Lipinski definition) is 6. The number of benzene rings is 2. The quantitative estimate of drug-likeness (QED) is 0.385. The largest absolute Gasteiger partial charge is 0.465 e. The summed E-state index contributed by atoms with van der Waals surface area (Å²) in [5.41, 5.74) is 5.52. The van der Waals surface area contributed by atoms with Crippen molar-refractivity contribution in [3.63, 3.8) is 0 Å². The van der Waals surface area contributed by atoms with E-state index >= 15 is 0 Å². The summed E-state index contributed by atoms with van der Waals surface area (Å²) in [6, 6.07) is 16.1. The van der Waals surface area contributed by atoms with Gasteiger partial charge in [-0.3, -0.25) is 4.79 Å². The minimum absolute atomic E-state index is 0.141. The van der Waals surface area contributed by atoms with Gasteiger partial charge in [-0.15, -0.1) is 0 Å². The summed E-state index contributed by atoms with van der Waals surface area (Å²) in [5.74, 6) is 1.57. The number of H-pyrrole nitrogens is 1. The Labute approximate surface area is 214 Å². The highest BCUT2D eigenvalue weighted by atomic mass is 16.5. The SMILES string of the molecule is O=C(O)N1CCC(Nc2ccc3c(c2)Cc2cccc(-c4cc(N5CCOCC5)cc(=O)[nH]4)c2O3)CC1. The van der Waals surface area contributed by atoms with E-state index in [1.54, 1.807) is 6.07 Å². The van der Waals surface area contributed by atoms with Crippen LogP contribution in [-0.2, 0) is 11.2 Å². The third-order valence-corrected chi connectivity index (χ3v) is 7.38. The minimum Gasteiger partial charge on any atom is -0.465 e. The highest BCUT2D eigenvalue weighted by molar-refractivity contribution is 5.74. The van der Waals surface area contributed by atoms with Crippen LogP contribution >= 0.6 is 0 Å². The number of nitrogens with zero attached hydrogens (tertiary/aromatic N) is 2. The summed E-state index contributed by atoms with van der Waals surface area (Å²) < 4.78 is 11.9. The first kappa shape index (κ1) is 23.4. The van der Waals surface area contributed by atoms with E-state index in [0.29, 0.717) is 26.3 Å². The number of fused-ring (bicyclic) bond motifs is 2. The van der Waals surface area contributed by atoms with Crippen molar-refractivity contribution in [2.75, 3.05) is 49.6 Å². The molecule has 3 aliphatic heterocycles. The van der Waals surface area contributed by atoms with Gasteiger partial charge in [-0.1, -0.05) is 12.1 Å². The molecule has 0 bridgehead atoms. The van der Waals surface area contributed by atoms with E-state index in [4.69, 9.17) is 9.47 Å². The van der Waals surface area contributed by atoms with Crippen molar-refractivity contribution in [2.45, 2.75) is 25.3 Å². The molecule has 4 heterocycles. The lowest BCUT2D eigenvalue weighted by Gasteiger charge is -2.31. The molecule has 9 heteroatoms. The molecule has 2 aromatic carbocycles. The number of aromatic nitrogens is 1. The summed E-state index contributed by atoms with van der Waals surface area (Å²) >= 11 is 0. The Kier molecular flexibility index (Phi) is 6.21. The molecule has 0 spiro atoms. The van der Waals surface area contributed by atoms with Gasteiger partial charge >= 0.3 is 6.09 Å². The van der Waals surface area contributed by atoms with Gasteiger partial charge in [-0.2, -0.15) is 0 Å². The van der Waals surface area contributed by atoms with E-state index in [0.717, 1.165) is 77.6 Å². The van der Waals surface area contributed by atoms with Gasteiger partial charge in [0.1, 0.15) is 11.5 Å². The lowest BCUT2D eigenvalue weighted by Crippen LogP contribution is -2.41. The molecule has 3 aromatic rings. The molecule has 0 aliphatic carbocycles. The number of pyridine rings is 1. The maximum Gasteiger partial charge on any atom is 0.407 e. The first-order valence-electron chi connectivity index (χ1n) is 12.8. The predicted molar refractivity (Wildman–Crippen MR) is 141 cm³/mol. The molecule has 0 unspecified atom stereocenters. The van der Waals surface area contributed by atoms with E-state index in [-0.39, 0.29) is 11.6 Å². The molecule has 9 nitrogen and oxygen atoms in total. The van der Waals surface area contributed by atoms with Crippen molar-refractivity contribution in [1.82, 2.24) is 9.88 Å². The summed E-state index contributed by atoms with van der Waals surface area (Å²) in [5, 5.41) is 12.7. The minimum atomic E-state index is -0.848. The fraction of sp³-hybridized carbons (Fsp3) is 0.357. The zero-order chi connectivity index (χ0) is 25.4. The van der Waals surface area contributed by atoms with Crippen LogP contribution in [0.25, 0.3) is 11.3 Å². The fourth-order valence-corrected chi connectivity index (χ4v) is 5.41. The second-order valence-corrected chi connectivity index (χ2v) is 9.80. The molecule has 3 aliphatic rings. The van der Waals surface area contributed by atoms with Crippen molar-refractivity contribution < 1.29 is 19.4 Å². The Balaban J connectivity index is 1.23. The van der Waals surface area contributed by atoms with E-state index in [1.165, 1.54) is 4.90 Å². The molecular weight excluding hydrogens is 472 g/mol. The van der Waals surface area contributed by atoms with Crippen LogP contribution in [0.2, 0.25) is 0 Å². The predicted octanol–water partition coefficient (Wildman–Crippen LogP) is 4.13. The Bertz CT molecular complexity index is 1370. The number of anilines is 2. The molecule has 37 heavy (non-hydrogen) atoms. The van der Waals surface area contributed by atoms with Crippen LogP contribution in [0.5, 0.6) is 11.5 Å². The molecule has 6 rings (SSSR count). The first-order chi connectivity index (χ1) is 18.0. The number of para-hydroxylation sites is 1. The average molecular weight is 503 g/mol. The van der Waals surface area contributed by atoms with Gasteiger partial charge < -0.3 is 34.7 Å². The number of morpholine rings is 1. The summed E-state index contributed by atoms with van der Waals surface area (Å²) in [6.45, 7) is 3.92. The topological polar surface area (TPSA) is 107 Å². The normalized spacial score (nSPS) is 17.5. The maximum absolute atomic E-state index is 12.6. The molecule has 1 aromatic heterocycles. The number of rotatable bonds is 4. The number of carbonyl (C=O) groups is 1. The van der Waals surface area contributed by atoms with E-state index in [2.05, 4.69) is 27.3 Å². The van der Waals surface area contributed by atoms with Crippen LogP contribution in [0.3, 0.4) is 0 Å². The number of piperidine rings is 1. The van der Waals surface area contributed by atoms with Crippen LogP contribution < -0.4 is 20.5 Å². The van der Waals surface area contributed by atoms with Gasteiger partial charge in [0.25, 0.3) is 0 Å². The highest BCUT2D eigenvalue weighted by Crippen LogP contribution is 2.43. The zero-order valence-electron chi connectivity index (χ0n) is 20.5. The molecule has 2 saturated heterocycles. The number of aromatic amines is 1. The number of nitrogens with one attached hydrogen (secondary N) is 2. The summed E-state index contributed by atoms with van der Waals surface area (Å²) in [4.78, 5) is 30.4. The van der Waals surface area contributed by atoms with Gasteiger partial charge in [0.05, 0.1) is 18.9 Å². The Hall–Kier alpha value is -3.98. The third kappa shape index (κ3) is 4.86. The van der Waals surface area contributed by atoms with Gasteiger partial charge in [0.15, 0.2) is 0 Å². The number of amides is 1. The molecule has 1 amide bonds. The highest BCUT2D eigenvalue weighted by Gasteiger charge is 2.24. The van der Waals surface area contributed by atoms with Crippen molar-refractivity contribution in [2.24, 2.45) is 0 Å². The smallest absolute Gasteiger partial charge is 0.407 e. The van der Waals surface area contributed by atoms with Crippen LogP contribution in [0.15, 0.2) is 53.3 Å². The Morgan fingerprint density at radius 3 is 2.59 bits per heavy atom. The van der Waals surface area contributed by atoms with Gasteiger partial charge in [0, 0.05) is 67.2 Å². The molecular formula is C28H30N4O5. The molecule has 192 valence electrons. The number of ether oxygens (including phenoxy) is 2. The van der Waals surface area contributed by atoms with Gasteiger partial charge in [-0.25, -0.2) is 4.79 Å². The molecule has 3 N–H and O–H groups in total. The molecule has 2 fully saturated rings. The van der Waals surface area contributed by atoms with Crippen molar-refractivity contribution in [3.05, 3.63) is 70.0 Å². The van der Waals surface area contributed by atoms with Crippen molar-refractivity contribution >= 4 is 17.5 Å². The lowest BCUT2D eigenvalue weighted by molar-refractivity contribution is 0.122. The van der Waals surface area contributed by atoms with E-state index in [9.17, 15) is 14.7 Å². The van der Waals surface area contributed by atoms with Crippen LogP contribution in [0.1, 0.15) is 24.0 Å². The van der Waals surface area contributed by atoms with Gasteiger partial charge in [0.2, 0.25) is 5.56 Å². The number of hydrogen-bond donors (Lipinski definition) is 3. The van der Waals surface area contributed by atoms with Crippen LogP contribution in [0.4, 0.5) is 16.2 Å². The summed E-state index contributed by atoms with van der Waals surface area (Å²) in [7, 11) is 0. The molecule has 0 atom stereocenters. The van der Waals surface area contributed by atoms with E-state index in [1.807, 2.05) is 30.3 Å². The maximum atomic E-state index is 12.6. The Morgan fingerprint density at radius 1 is 1.00 bits per heavy atom. The monoisotopic (exact) mass is 502 g/mol. The number of carboxylic acid groups (broad SMARTS) is 1. The standard InChI is InChI=1S/C28H30N4O5/c33-26-17-22(31-10-12-36-13-11-31)16-24(30-26)23-3-1-2-18-14-19-15-21(4-5-25(19)37-27(18)23)29-20-6-8-32(9-7-20)28(34)35/h1-5,15-17,20,29H,6-14H2,(H,30,33)(H,34,35). The van der Waals surface area contributed by atoms with E-state index < -0.39 is 6.09 Å². The summed E-state index contributed by atoms with van der Waals surface area (Å²) in [6.07, 6.45) is 1.44. The zero-order valence-corrected chi connectivity index (χ0v) is 20.5. The van der Waals surface area contributed by atoms with Crippen molar-refractivity contribution in [1.29, 1.82) is 0 Å². The lowest BCUT2D eigenvalue weighted by atomic mass is 9.96. The van der Waals surface area contributed by atoms with Crippen LogP contribution in [-0.4, -0.2) is 66.5 Å². The third-order valence-electron chi connectivity index (χ3n) is 7.38. The first-order valence-corrected chi connectivity index (χ1v) is 12.8. The van der Waals surface area contributed by atoms with Crippen molar-refractivity contribution in [3.8, 4) is 22.8 Å². The number of likely N-dealkylation sites (tertiary alicyclic amines) is 1. The molecule has 0 radical (unpaired) electrons. The molecule has 0 saturated carbocycles. The Morgan fingerprint density at radius 2 is 1.81 bits per heavy atom. The average Bonchev–Trinajstić information content (AvgIpc) is 2.92. The van der Waals surface area contributed by atoms with Gasteiger partial charge in [-0.05, 0) is 48.7 Å². The fourth-order valence-electron chi connectivity index (χ4n) is 5.41. The second kappa shape index (κ2) is 9.82.